The minimum absolute atomic E-state index is 0.0437. The Morgan fingerprint density at radius 2 is 2.00 bits per heavy atom. The zero-order chi connectivity index (χ0) is 14.3. The van der Waals surface area contributed by atoms with Crippen LogP contribution < -0.4 is 0 Å². The molecule has 0 amide bonds. The van der Waals surface area contributed by atoms with Gasteiger partial charge in [-0.2, -0.15) is 0 Å². The molecular weight excluding hydrogens is 242 g/mol. The molecule has 0 bridgehead atoms. The van der Waals surface area contributed by atoms with Crippen LogP contribution in [0.5, 0.6) is 0 Å². The topological polar surface area (TPSA) is 0 Å². The zero-order valence-electron chi connectivity index (χ0n) is 12.0. The van der Waals surface area contributed by atoms with Crippen LogP contribution in [0, 0.1) is 17.6 Å². The lowest BCUT2D eigenvalue weighted by Gasteiger charge is -2.24. The van der Waals surface area contributed by atoms with E-state index in [9.17, 15) is 8.78 Å². The molecular formula is C17H24F2. The Labute approximate surface area is 115 Å². The van der Waals surface area contributed by atoms with E-state index in [0.29, 0.717) is 11.5 Å². The Morgan fingerprint density at radius 1 is 1.26 bits per heavy atom. The molecule has 0 aliphatic carbocycles. The van der Waals surface area contributed by atoms with Crippen LogP contribution >= 0.6 is 0 Å². The van der Waals surface area contributed by atoms with E-state index in [4.69, 9.17) is 0 Å². The summed E-state index contributed by atoms with van der Waals surface area (Å²) < 4.78 is 27.1. The van der Waals surface area contributed by atoms with Crippen LogP contribution in [0.15, 0.2) is 30.9 Å². The number of allylic oxidation sites excluding steroid dienone is 1. The van der Waals surface area contributed by atoms with Crippen molar-refractivity contribution in [3.63, 3.8) is 0 Å². The Hall–Kier alpha value is -1.18. The van der Waals surface area contributed by atoms with Gasteiger partial charge in [0.25, 0.3) is 0 Å². The maximum atomic E-state index is 13.8. The minimum Gasteiger partial charge on any atom is -0.207 e. The summed E-state index contributed by atoms with van der Waals surface area (Å²) in [7, 11) is 0. The lowest BCUT2D eigenvalue weighted by atomic mass is 9.81. The lowest BCUT2D eigenvalue weighted by molar-refractivity contribution is 0.369. The van der Waals surface area contributed by atoms with Crippen molar-refractivity contribution in [1.82, 2.24) is 0 Å². The van der Waals surface area contributed by atoms with Crippen LogP contribution in [0.4, 0.5) is 8.78 Å². The first-order valence-electron chi connectivity index (χ1n) is 7.16. The fourth-order valence-corrected chi connectivity index (χ4v) is 2.56. The van der Waals surface area contributed by atoms with Gasteiger partial charge in [-0.05, 0) is 54.9 Å². The molecule has 19 heavy (non-hydrogen) atoms. The van der Waals surface area contributed by atoms with Crippen molar-refractivity contribution in [3.8, 4) is 0 Å². The van der Waals surface area contributed by atoms with Gasteiger partial charge in [0, 0.05) is 0 Å². The Balaban J connectivity index is 2.86. The molecule has 0 N–H and O–H groups in total. The molecule has 0 radical (unpaired) electrons. The summed E-state index contributed by atoms with van der Waals surface area (Å²) in [5.74, 6) is -0.230. The summed E-state index contributed by atoms with van der Waals surface area (Å²) in [5.41, 5.74) is 0.505. The fraction of sp³-hybridized carbons (Fsp3) is 0.529. The molecule has 2 heteroatoms. The summed E-state index contributed by atoms with van der Waals surface area (Å²) >= 11 is 0. The second-order valence-corrected chi connectivity index (χ2v) is 5.22. The van der Waals surface area contributed by atoms with E-state index in [2.05, 4.69) is 13.5 Å². The van der Waals surface area contributed by atoms with E-state index in [1.54, 1.807) is 0 Å². The molecule has 1 rings (SSSR count). The van der Waals surface area contributed by atoms with Gasteiger partial charge in [-0.1, -0.05) is 32.8 Å². The van der Waals surface area contributed by atoms with Gasteiger partial charge in [-0.15, -0.1) is 6.58 Å². The number of hydrogen-bond donors (Lipinski definition) is 0. The maximum absolute atomic E-state index is 13.8. The Kier molecular flexibility index (Phi) is 6.75. The van der Waals surface area contributed by atoms with Gasteiger partial charge in [0.05, 0.1) is 0 Å². The average molecular weight is 266 g/mol. The SMILES string of the molecule is C=CCCC(CCCC)C(C)c1cc(F)ccc1F. The predicted octanol–water partition coefficient (Wildman–Crippen LogP) is 5.84. The second kappa shape index (κ2) is 8.08. The van der Waals surface area contributed by atoms with Crippen LogP contribution in [0.1, 0.15) is 57.4 Å². The number of rotatable bonds is 8. The van der Waals surface area contributed by atoms with Crippen molar-refractivity contribution in [1.29, 1.82) is 0 Å². The highest BCUT2D eigenvalue weighted by Crippen LogP contribution is 2.33. The largest absolute Gasteiger partial charge is 0.207 e. The van der Waals surface area contributed by atoms with E-state index >= 15 is 0 Å². The zero-order valence-corrected chi connectivity index (χ0v) is 12.0. The number of benzene rings is 1. The highest BCUT2D eigenvalue weighted by atomic mass is 19.1. The molecule has 0 aliphatic rings. The van der Waals surface area contributed by atoms with Crippen LogP contribution in [-0.2, 0) is 0 Å². The Bertz CT molecular complexity index is 398. The molecule has 0 aliphatic heterocycles. The molecule has 0 saturated carbocycles. The maximum Gasteiger partial charge on any atom is 0.126 e. The van der Waals surface area contributed by atoms with Gasteiger partial charge in [0.2, 0.25) is 0 Å². The normalized spacial score (nSPS) is 14.1. The van der Waals surface area contributed by atoms with Crippen molar-refractivity contribution in [2.24, 2.45) is 5.92 Å². The van der Waals surface area contributed by atoms with Crippen molar-refractivity contribution in [2.45, 2.75) is 51.9 Å². The molecule has 0 heterocycles. The first-order chi connectivity index (χ1) is 9.10. The monoisotopic (exact) mass is 266 g/mol. The molecule has 0 nitrogen and oxygen atoms in total. The molecule has 2 atom stereocenters. The highest BCUT2D eigenvalue weighted by Gasteiger charge is 2.21. The van der Waals surface area contributed by atoms with Crippen molar-refractivity contribution >= 4 is 0 Å². The van der Waals surface area contributed by atoms with Crippen molar-refractivity contribution < 1.29 is 8.78 Å². The van der Waals surface area contributed by atoms with Crippen LogP contribution in [0.25, 0.3) is 0 Å². The first kappa shape index (κ1) is 15.9. The third kappa shape index (κ3) is 4.77. The van der Waals surface area contributed by atoms with E-state index in [-0.39, 0.29) is 17.6 Å². The molecule has 2 unspecified atom stereocenters. The third-order valence-corrected chi connectivity index (χ3v) is 3.83. The molecule has 1 aromatic rings. The molecule has 106 valence electrons. The Morgan fingerprint density at radius 3 is 2.63 bits per heavy atom. The fourth-order valence-electron chi connectivity index (χ4n) is 2.56. The predicted molar refractivity (Wildman–Crippen MR) is 77.2 cm³/mol. The average Bonchev–Trinajstić information content (AvgIpc) is 2.41. The first-order valence-corrected chi connectivity index (χ1v) is 7.16. The van der Waals surface area contributed by atoms with E-state index in [0.717, 1.165) is 32.1 Å². The minimum atomic E-state index is -0.360. The summed E-state index contributed by atoms with van der Waals surface area (Å²) in [6.45, 7) is 7.89. The van der Waals surface area contributed by atoms with Crippen LogP contribution in [0.3, 0.4) is 0 Å². The molecule has 0 saturated heterocycles. The van der Waals surface area contributed by atoms with Gasteiger partial charge in [-0.25, -0.2) is 8.78 Å². The highest BCUT2D eigenvalue weighted by molar-refractivity contribution is 5.23. The summed E-state index contributed by atoms with van der Waals surface area (Å²) in [6.07, 6.45) is 7.12. The number of hydrogen-bond acceptors (Lipinski definition) is 0. The summed E-state index contributed by atoms with van der Waals surface area (Å²) in [6, 6.07) is 3.74. The van der Waals surface area contributed by atoms with Gasteiger partial charge in [0.1, 0.15) is 11.6 Å². The standard InChI is InChI=1S/C17H24F2/c1-4-6-8-14(9-7-5-2)13(3)16-12-15(18)10-11-17(16)19/h4,10-14H,1,5-9H2,2-3H3. The molecule has 0 aromatic heterocycles. The molecule has 0 fully saturated rings. The summed E-state index contributed by atoms with van der Waals surface area (Å²) in [5, 5.41) is 0. The molecule has 1 aromatic carbocycles. The van der Waals surface area contributed by atoms with Crippen LogP contribution in [-0.4, -0.2) is 0 Å². The van der Waals surface area contributed by atoms with Crippen molar-refractivity contribution in [2.75, 3.05) is 0 Å². The van der Waals surface area contributed by atoms with E-state index in [1.165, 1.54) is 18.2 Å². The van der Waals surface area contributed by atoms with Crippen molar-refractivity contribution in [3.05, 3.63) is 48.1 Å². The van der Waals surface area contributed by atoms with Gasteiger partial charge >= 0.3 is 0 Å². The van der Waals surface area contributed by atoms with E-state index in [1.807, 2.05) is 13.0 Å². The van der Waals surface area contributed by atoms with Gasteiger partial charge < -0.3 is 0 Å². The lowest BCUT2D eigenvalue weighted by Crippen LogP contribution is -2.12. The van der Waals surface area contributed by atoms with E-state index < -0.39 is 0 Å². The number of unbranched alkanes of at least 4 members (excludes halogenated alkanes) is 1. The summed E-state index contributed by atoms with van der Waals surface area (Å²) in [4.78, 5) is 0. The van der Waals surface area contributed by atoms with Gasteiger partial charge in [0.15, 0.2) is 0 Å². The van der Waals surface area contributed by atoms with Gasteiger partial charge in [-0.3, -0.25) is 0 Å². The smallest absolute Gasteiger partial charge is 0.126 e. The van der Waals surface area contributed by atoms with Crippen LogP contribution in [0.2, 0.25) is 0 Å². The molecule has 0 spiro atoms. The quantitative estimate of drug-likeness (QED) is 0.518. The number of halogens is 2. The third-order valence-electron chi connectivity index (χ3n) is 3.83. The second-order valence-electron chi connectivity index (χ2n) is 5.22.